The lowest BCUT2D eigenvalue weighted by Crippen LogP contribution is -2.35. The Hall–Kier alpha value is -3.41. The first kappa shape index (κ1) is 17.4. The van der Waals surface area contributed by atoms with Crippen molar-refractivity contribution in [3.63, 3.8) is 0 Å². The lowest BCUT2D eigenvalue weighted by molar-refractivity contribution is -0.136. The smallest absolute Gasteiger partial charge is 0.313 e. The van der Waals surface area contributed by atoms with Crippen molar-refractivity contribution in [3.8, 4) is 0 Å². The summed E-state index contributed by atoms with van der Waals surface area (Å²) in [6, 6.07) is 16.9. The molecule has 0 radical (unpaired) electrons. The topological polar surface area (TPSA) is 74.3 Å². The van der Waals surface area contributed by atoms with E-state index in [1.165, 1.54) is 0 Å². The van der Waals surface area contributed by atoms with Crippen molar-refractivity contribution in [1.29, 1.82) is 0 Å². The van der Waals surface area contributed by atoms with E-state index >= 15 is 0 Å². The van der Waals surface area contributed by atoms with Crippen molar-refractivity contribution in [2.75, 3.05) is 24.3 Å². The molecular formula is C20H20N4O2. The highest BCUT2D eigenvalue weighted by molar-refractivity contribution is 6.40. The van der Waals surface area contributed by atoms with Crippen LogP contribution in [0.15, 0.2) is 60.8 Å². The number of fused-ring (bicyclic) bond motifs is 1. The lowest BCUT2D eigenvalue weighted by Gasteiger charge is -2.13. The fraction of sp³-hybridized carbons (Fsp3) is 0.150. The molecule has 132 valence electrons. The second kappa shape index (κ2) is 7.65. The molecule has 2 amide bonds. The minimum absolute atomic E-state index is 0.285. The molecule has 2 N–H and O–H groups in total. The molecule has 0 bridgehead atoms. The second-order valence-electron chi connectivity index (χ2n) is 6.08. The molecule has 26 heavy (non-hydrogen) atoms. The van der Waals surface area contributed by atoms with Gasteiger partial charge in [-0.1, -0.05) is 30.3 Å². The number of hydrogen-bond donors (Lipinski definition) is 2. The zero-order valence-corrected chi connectivity index (χ0v) is 14.7. The first-order chi connectivity index (χ1) is 12.5. The van der Waals surface area contributed by atoms with Gasteiger partial charge in [-0.25, -0.2) is 0 Å². The van der Waals surface area contributed by atoms with Crippen LogP contribution in [-0.2, 0) is 16.1 Å². The van der Waals surface area contributed by atoms with E-state index in [2.05, 4.69) is 15.6 Å². The number of rotatable bonds is 4. The van der Waals surface area contributed by atoms with Crippen molar-refractivity contribution in [1.82, 2.24) is 10.3 Å². The molecule has 1 aromatic heterocycles. The maximum Gasteiger partial charge on any atom is 0.313 e. The number of carbonyl (C=O) groups excluding carboxylic acids is 2. The Balaban J connectivity index is 1.62. The highest BCUT2D eigenvalue weighted by Crippen LogP contribution is 2.20. The van der Waals surface area contributed by atoms with Crippen LogP contribution in [0.4, 0.5) is 11.4 Å². The van der Waals surface area contributed by atoms with Crippen molar-refractivity contribution in [2.24, 2.45) is 0 Å². The van der Waals surface area contributed by atoms with Gasteiger partial charge < -0.3 is 15.5 Å². The number of hydrogen-bond acceptors (Lipinski definition) is 4. The summed E-state index contributed by atoms with van der Waals surface area (Å²) >= 11 is 0. The predicted molar refractivity (Wildman–Crippen MR) is 103 cm³/mol. The van der Waals surface area contributed by atoms with Crippen LogP contribution >= 0.6 is 0 Å². The fourth-order valence-corrected chi connectivity index (χ4v) is 2.56. The van der Waals surface area contributed by atoms with Crippen molar-refractivity contribution in [2.45, 2.75) is 6.54 Å². The zero-order valence-electron chi connectivity index (χ0n) is 14.7. The van der Waals surface area contributed by atoms with Gasteiger partial charge in [0.1, 0.15) is 0 Å². The quantitative estimate of drug-likeness (QED) is 0.711. The standard InChI is InChI=1S/C20H20N4O2/c1-24(2)16-10-8-14(9-11-16)13-22-19(25)20(26)23-17-7-3-5-15-6-4-12-21-18(15)17/h3-12H,13H2,1-2H3,(H,22,25)(H,23,26). The minimum Gasteiger partial charge on any atom is -0.378 e. The summed E-state index contributed by atoms with van der Waals surface area (Å²) in [5.74, 6) is -1.40. The van der Waals surface area contributed by atoms with Gasteiger partial charge in [-0.3, -0.25) is 14.6 Å². The number of benzene rings is 2. The first-order valence-corrected chi connectivity index (χ1v) is 8.24. The zero-order chi connectivity index (χ0) is 18.5. The van der Waals surface area contributed by atoms with E-state index in [0.717, 1.165) is 16.6 Å². The van der Waals surface area contributed by atoms with Crippen LogP contribution in [0.2, 0.25) is 0 Å². The van der Waals surface area contributed by atoms with Gasteiger partial charge in [0.2, 0.25) is 0 Å². The summed E-state index contributed by atoms with van der Waals surface area (Å²) in [5, 5.41) is 6.15. The summed E-state index contributed by atoms with van der Waals surface area (Å²) in [7, 11) is 3.92. The van der Waals surface area contributed by atoms with E-state index in [9.17, 15) is 9.59 Å². The number of carbonyl (C=O) groups is 2. The maximum absolute atomic E-state index is 12.2. The number of pyridine rings is 1. The van der Waals surface area contributed by atoms with Crippen molar-refractivity contribution < 1.29 is 9.59 Å². The Kier molecular flexibility index (Phi) is 5.12. The molecule has 3 rings (SSSR count). The van der Waals surface area contributed by atoms with E-state index in [-0.39, 0.29) is 6.54 Å². The van der Waals surface area contributed by atoms with Gasteiger partial charge in [-0.2, -0.15) is 0 Å². The number of nitrogens with zero attached hydrogens (tertiary/aromatic N) is 2. The predicted octanol–water partition coefficient (Wildman–Crippen LogP) is 2.56. The number of anilines is 2. The van der Waals surface area contributed by atoms with Crippen molar-refractivity contribution in [3.05, 3.63) is 66.4 Å². The Morgan fingerprint density at radius 2 is 1.69 bits per heavy atom. The van der Waals surface area contributed by atoms with E-state index in [1.54, 1.807) is 12.3 Å². The molecule has 0 aliphatic rings. The molecule has 0 spiro atoms. The summed E-state index contributed by atoms with van der Waals surface area (Å²) < 4.78 is 0. The molecule has 0 aliphatic carbocycles. The second-order valence-corrected chi connectivity index (χ2v) is 6.08. The molecule has 6 heteroatoms. The Labute approximate surface area is 151 Å². The summed E-state index contributed by atoms with van der Waals surface area (Å²) in [4.78, 5) is 30.5. The van der Waals surface area contributed by atoms with E-state index < -0.39 is 11.8 Å². The fourth-order valence-electron chi connectivity index (χ4n) is 2.56. The number of para-hydroxylation sites is 1. The number of aromatic nitrogens is 1. The van der Waals surface area contributed by atoms with E-state index in [1.807, 2.05) is 67.5 Å². The van der Waals surface area contributed by atoms with Gasteiger partial charge in [-0.05, 0) is 29.8 Å². The lowest BCUT2D eigenvalue weighted by atomic mass is 10.2. The van der Waals surface area contributed by atoms with Gasteiger partial charge in [-0.15, -0.1) is 0 Å². The molecular weight excluding hydrogens is 328 g/mol. The Morgan fingerprint density at radius 3 is 2.42 bits per heavy atom. The average molecular weight is 348 g/mol. The van der Waals surface area contributed by atoms with Crippen LogP contribution in [-0.4, -0.2) is 30.9 Å². The number of nitrogens with one attached hydrogen (secondary N) is 2. The molecule has 0 saturated heterocycles. The van der Waals surface area contributed by atoms with Gasteiger partial charge in [0, 0.05) is 37.9 Å². The summed E-state index contributed by atoms with van der Waals surface area (Å²) in [6.45, 7) is 0.285. The normalized spacial score (nSPS) is 10.4. The maximum atomic E-state index is 12.2. The van der Waals surface area contributed by atoms with E-state index in [4.69, 9.17) is 0 Å². The monoisotopic (exact) mass is 348 g/mol. The summed E-state index contributed by atoms with van der Waals surface area (Å²) in [5.41, 5.74) is 3.15. The van der Waals surface area contributed by atoms with Crippen LogP contribution in [0, 0.1) is 0 Å². The molecule has 2 aromatic carbocycles. The van der Waals surface area contributed by atoms with Crippen LogP contribution in [0.1, 0.15) is 5.56 Å². The third-order valence-electron chi connectivity index (χ3n) is 3.99. The number of amides is 2. The Bertz CT molecular complexity index is 931. The van der Waals surface area contributed by atoms with Gasteiger partial charge in [0.15, 0.2) is 0 Å². The molecule has 3 aromatic rings. The SMILES string of the molecule is CN(C)c1ccc(CNC(=O)C(=O)Nc2cccc3cccnc23)cc1. The highest BCUT2D eigenvalue weighted by atomic mass is 16.2. The van der Waals surface area contributed by atoms with Crippen molar-refractivity contribution >= 4 is 34.1 Å². The molecule has 0 fully saturated rings. The first-order valence-electron chi connectivity index (χ1n) is 8.24. The van der Waals surface area contributed by atoms with Gasteiger partial charge >= 0.3 is 11.8 Å². The third kappa shape index (κ3) is 3.97. The van der Waals surface area contributed by atoms with Crippen LogP contribution < -0.4 is 15.5 Å². The third-order valence-corrected chi connectivity index (χ3v) is 3.99. The van der Waals surface area contributed by atoms with Crippen LogP contribution in [0.3, 0.4) is 0 Å². The molecule has 6 nitrogen and oxygen atoms in total. The molecule has 0 saturated carbocycles. The summed E-state index contributed by atoms with van der Waals surface area (Å²) in [6.07, 6.45) is 1.65. The van der Waals surface area contributed by atoms with Crippen LogP contribution in [0.5, 0.6) is 0 Å². The van der Waals surface area contributed by atoms with Crippen LogP contribution in [0.25, 0.3) is 10.9 Å². The molecule has 0 unspecified atom stereocenters. The molecule has 0 atom stereocenters. The van der Waals surface area contributed by atoms with E-state index in [0.29, 0.717) is 11.2 Å². The molecule has 1 heterocycles. The Morgan fingerprint density at radius 1 is 0.962 bits per heavy atom. The van der Waals surface area contributed by atoms with Gasteiger partial charge in [0.25, 0.3) is 0 Å². The minimum atomic E-state index is -0.715. The van der Waals surface area contributed by atoms with Gasteiger partial charge in [0.05, 0.1) is 11.2 Å². The average Bonchev–Trinajstić information content (AvgIpc) is 2.66. The molecule has 0 aliphatic heterocycles. The largest absolute Gasteiger partial charge is 0.378 e. The highest BCUT2D eigenvalue weighted by Gasteiger charge is 2.15.